The highest BCUT2D eigenvalue weighted by atomic mass is 15.2. The molecular weight excluding hydrogens is 148 g/mol. The van der Waals surface area contributed by atoms with Crippen molar-refractivity contribution >= 4 is 11.4 Å². The number of anilines is 2. The van der Waals surface area contributed by atoms with Gasteiger partial charge in [-0.15, -0.1) is 0 Å². The number of hydrogen-bond acceptors (Lipinski definition) is 2. The molecule has 1 aliphatic heterocycles. The number of rotatable bonds is 1. The second-order valence-electron chi connectivity index (χ2n) is 2.59. The average molecular weight is 158 g/mol. The Labute approximate surface area is 72.5 Å². The van der Waals surface area contributed by atoms with Crippen LogP contribution in [0.25, 0.3) is 0 Å². The lowest BCUT2D eigenvalue weighted by Gasteiger charge is -2.24. The lowest BCUT2D eigenvalue weighted by atomic mass is 10.2. The van der Waals surface area contributed by atoms with Gasteiger partial charge in [0.15, 0.2) is 0 Å². The number of nitrogens with zero attached hydrogens (tertiary/aromatic N) is 1. The van der Waals surface area contributed by atoms with Gasteiger partial charge in [0, 0.05) is 12.7 Å². The summed E-state index contributed by atoms with van der Waals surface area (Å²) < 4.78 is 0. The summed E-state index contributed by atoms with van der Waals surface area (Å²) in [6.45, 7) is 4.53. The third kappa shape index (κ3) is 1.05. The van der Waals surface area contributed by atoms with Gasteiger partial charge in [-0.1, -0.05) is 12.1 Å². The summed E-state index contributed by atoms with van der Waals surface area (Å²) in [7, 11) is 0. The average Bonchev–Trinajstić information content (AvgIpc) is 2.17. The minimum absolute atomic E-state index is 0.704. The summed E-state index contributed by atoms with van der Waals surface area (Å²) in [6.07, 6.45) is 4.86. The van der Waals surface area contributed by atoms with Gasteiger partial charge in [0.2, 0.25) is 0 Å². The number of hydrogen-bond donors (Lipinski definition) is 1. The van der Waals surface area contributed by atoms with Crippen molar-refractivity contribution in [2.45, 2.75) is 0 Å². The second kappa shape index (κ2) is 2.89. The topological polar surface area (TPSA) is 15.3 Å². The molecule has 2 heteroatoms. The third-order valence-corrected chi connectivity index (χ3v) is 1.87. The molecule has 0 spiro atoms. The molecule has 0 aromatic heterocycles. The predicted octanol–water partition coefficient (Wildman–Crippen LogP) is 2.03. The molecule has 0 saturated heterocycles. The first kappa shape index (κ1) is 7.22. The highest BCUT2D eigenvalue weighted by molar-refractivity contribution is 5.73. The van der Waals surface area contributed by atoms with Crippen molar-refractivity contribution in [2.24, 2.45) is 0 Å². The molecule has 2 nitrogen and oxygen atoms in total. The molecule has 2 rings (SSSR count). The van der Waals surface area contributed by atoms with Crippen molar-refractivity contribution in [3.05, 3.63) is 43.6 Å². The molecule has 0 amide bonds. The fourth-order valence-electron chi connectivity index (χ4n) is 1.27. The first-order chi connectivity index (χ1) is 5.92. The van der Waals surface area contributed by atoms with Gasteiger partial charge in [0.25, 0.3) is 0 Å². The minimum atomic E-state index is 0.704. The Morgan fingerprint density at radius 2 is 2.25 bits per heavy atom. The molecule has 0 atom stereocenters. The van der Waals surface area contributed by atoms with E-state index in [2.05, 4.69) is 18.4 Å². The summed E-state index contributed by atoms with van der Waals surface area (Å²) in [5.74, 6) is 0. The van der Waals surface area contributed by atoms with Crippen LogP contribution in [0.1, 0.15) is 0 Å². The quantitative estimate of drug-likeness (QED) is 0.672. The fraction of sp³-hybridized carbons (Fsp3) is 0.100. The van der Waals surface area contributed by atoms with E-state index >= 15 is 0 Å². The zero-order chi connectivity index (χ0) is 8.39. The van der Waals surface area contributed by atoms with Gasteiger partial charge in [-0.05, 0) is 19.1 Å². The SMILES string of the molecule is [CH2]CN1[C]=CNc2ccccc21. The van der Waals surface area contributed by atoms with E-state index in [0.29, 0.717) is 6.54 Å². The zero-order valence-electron chi connectivity index (χ0n) is 6.75. The van der Waals surface area contributed by atoms with E-state index < -0.39 is 0 Å². The van der Waals surface area contributed by atoms with Gasteiger partial charge in [-0.3, -0.25) is 0 Å². The van der Waals surface area contributed by atoms with Crippen molar-refractivity contribution < 1.29 is 0 Å². The third-order valence-electron chi connectivity index (χ3n) is 1.87. The summed E-state index contributed by atoms with van der Waals surface area (Å²) in [4.78, 5) is 1.98. The molecule has 0 bridgehead atoms. The van der Waals surface area contributed by atoms with E-state index in [1.165, 1.54) is 0 Å². The van der Waals surface area contributed by atoms with Crippen LogP contribution >= 0.6 is 0 Å². The maximum atomic E-state index is 3.82. The molecule has 1 aliphatic rings. The Morgan fingerprint density at radius 1 is 1.42 bits per heavy atom. The Balaban J connectivity index is 2.43. The highest BCUT2D eigenvalue weighted by Crippen LogP contribution is 2.27. The Hall–Kier alpha value is -1.44. The molecule has 1 aromatic carbocycles. The van der Waals surface area contributed by atoms with Gasteiger partial charge in [0.05, 0.1) is 17.6 Å². The number of para-hydroxylation sites is 2. The minimum Gasteiger partial charge on any atom is -0.358 e. The van der Waals surface area contributed by atoms with Crippen molar-refractivity contribution in [1.29, 1.82) is 0 Å². The first-order valence-electron chi connectivity index (χ1n) is 3.92. The summed E-state index contributed by atoms with van der Waals surface area (Å²) in [6, 6.07) is 8.10. The Bertz CT molecular complexity index is 304. The van der Waals surface area contributed by atoms with Crippen molar-refractivity contribution in [2.75, 3.05) is 16.8 Å². The van der Waals surface area contributed by atoms with Crippen LogP contribution in [0, 0.1) is 13.1 Å². The normalized spacial score (nSPS) is 13.9. The molecule has 1 heterocycles. The summed E-state index contributed by atoms with van der Waals surface area (Å²) in [5, 5.41) is 3.12. The molecule has 1 aromatic rings. The molecule has 0 aliphatic carbocycles. The molecule has 12 heavy (non-hydrogen) atoms. The van der Waals surface area contributed by atoms with Gasteiger partial charge in [-0.2, -0.15) is 0 Å². The van der Waals surface area contributed by atoms with Crippen LogP contribution in [0.15, 0.2) is 30.5 Å². The maximum Gasteiger partial charge on any atom is 0.0830 e. The van der Waals surface area contributed by atoms with Crippen LogP contribution in [0.2, 0.25) is 0 Å². The zero-order valence-corrected chi connectivity index (χ0v) is 6.75. The second-order valence-corrected chi connectivity index (χ2v) is 2.59. The van der Waals surface area contributed by atoms with Gasteiger partial charge < -0.3 is 10.2 Å². The summed E-state index contributed by atoms with van der Waals surface area (Å²) in [5.41, 5.74) is 2.25. The molecule has 1 N–H and O–H groups in total. The molecule has 0 unspecified atom stereocenters. The van der Waals surface area contributed by atoms with Crippen LogP contribution in [0.4, 0.5) is 11.4 Å². The van der Waals surface area contributed by atoms with E-state index in [1.54, 1.807) is 6.20 Å². The molecule has 0 saturated carbocycles. The van der Waals surface area contributed by atoms with Gasteiger partial charge in [-0.25, -0.2) is 0 Å². The van der Waals surface area contributed by atoms with Crippen LogP contribution in [-0.2, 0) is 0 Å². The number of nitrogens with one attached hydrogen (secondary N) is 1. The largest absolute Gasteiger partial charge is 0.358 e. The monoisotopic (exact) mass is 158 g/mol. The first-order valence-corrected chi connectivity index (χ1v) is 3.92. The van der Waals surface area contributed by atoms with Gasteiger partial charge in [0.1, 0.15) is 0 Å². The van der Waals surface area contributed by atoms with E-state index in [4.69, 9.17) is 0 Å². The maximum absolute atomic E-state index is 3.82. The highest BCUT2D eigenvalue weighted by Gasteiger charge is 2.09. The van der Waals surface area contributed by atoms with Crippen molar-refractivity contribution in [3.8, 4) is 0 Å². The van der Waals surface area contributed by atoms with E-state index in [9.17, 15) is 0 Å². The standard InChI is InChI=1S/C10H10N2/c1-2-12-8-7-11-9-5-3-4-6-10(9)12/h3-7,11H,1-2H2. The van der Waals surface area contributed by atoms with Crippen LogP contribution in [-0.4, -0.2) is 6.54 Å². The van der Waals surface area contributed by atoms with Crippen molar-refractivity contribution in [3.63, 3.8) is 0 Å². The smallest absolute Gasteiger partial charge is 0.0830 e. The van der Waals surface area contributed by atoms with Gasteiger partial charge >= 0.3 is 0 Å². The number of fused-ring (bicyclic) bond motifs is 1. The van der Waals surface area contributed by atoms with E-state index in [-0.39, 0.29) is 0 Å². The van der Waals surface area contributed by atoms with E-state index in [0.717, 1.165) is 11.4 Å². The van der Waals surface area contributed by atoms with Crippen LogP contribution in [0.3, 0.4) is 0 Å². The molecule has 0 fully saturated rings. The van der Waals surface area contributed by atoms with Crippen molar-refractivity contribution in [1.82, 2.24) is 0 Å². The number of benzene rings is 1. The molecule has 60 valence electrons. The van der Waals surface area contributed by atoms with E-state index in [1.807, 2.05) is 29.2 Å². The summed E-state index contributed by atoms with van der Waals surface area (Å²) >= 11 is 0. The predicted molar refractivity (Wildman–Crippen MR) is 50.6 cm³/mol. The lowest BCUT2D eigenvalue weighted by Crippen LogP contribution is -2.20. The lowest BCUT2D eigenvalue weighted by molar-refractivity contribution is 1.04. The van der Waals surface area contributed by atoms with Crippen LogP contribution < -0.4 is 10.2 Å². The Morgan fingerprint density at radius 3 is 3.08 bits per heavy atom. The molecular formula is C10H10N2. The Kier molecular flexibility index (Phi) is 1.74. The van der Waals surface area contributed by atoms with Crippen LogP contribution in [0.5, 0.6) is 0 Å². The fourth-order valence-corrected chi connectivity index (χ4v) is 1.27. The molecule has 2 radical (unpaired) electrons.